The van der Waals surface area contributed by atoms with Crippen molar-refractivity contribution in [2.45, 2.75) is 33.1 Å². The highest BCUT2D eigenvalue weighted by Gasteiger charge is 2.13. The van der Waals surface area contributed by atoms with Crippen LogP contribution in [0.15, 0.2) is 55.1 Å². The molecule has 2 nitrogen and oxygen atoms in total. The summed E-state index contributed by atoms with van der Waals surface area (Å²) in [5.41, 5.74) is 1.10. The molecule has 0 unspecified atom stereocenters. The van der Waals surface area contributed by atoms with Crippen LogP contribution in [0.25, 0.3) is 0 Å². The van der Waals surface area contributed by atoms with Gasteiger partial charge in [-0.1, -0.05) is 69.0 Å². The van der Waals surface area contributed by atoms with Gasteiger partial charge in [-0.3, -0.25) is 4.79 Å². The molecule has 0 radical (unpaired) electrons. The van der Waals surface area contributed by atoms with Crippen molar-refractivity contribution in [2.75, 3.05) is 6.61 Å². The number of rotatable bonds is 8. The number of carbonyl (C=O) groups excluding carboxylic acids is 1. The first-order valence-electron chi connectivity index (χ1n) is 7.03. The Morgan fingerprint density at radius 3 is 2.65 bits per heavy atom. The van der Waals surface area contributed by atoms with Gasteiger partial charge in [-0.2, -0.15) is 0 Å². The number of hydrogen-bond acceptors (Lipinski definition) is 2. The third kappa shape index (κ3) is 6.93. The summed E-state index contributed by atoms with van der Waals surface area (Å²) in [4.78, 5) is 11.7. The van der Waals surface area contributed by atoms with Crippen molar-refractivity contribution in [1.29, 1.82) is 0 Å². The molecule has 0 spiro atoms. The van der Waals surface area contributed by atoms with Crippen LogP contribution in [-0.2, 0) is 16.0 Å². The third-order valence-electron chi connectivity index (χ3n) is 3.10. The smallest absolute Gasteiger partial charge is 0.310 e. The van der Waals surface area contributed by atoms with E-state index in [4.69, 9.17) is 4.74 Å². The van der Waals surface area contributed by atoms with Gasteiger partial charge in [0.2, 0.25) is 0 Å². The van der Waals surface area contributed by atoms with Crippen molar-refractivity contribution in [1.82, 2.24) is 0 Å². The number of ether oxygens (including phenoxy) is 1. The van der Waals surface area contributed by atoms with Crippen molar-refractivity contribution in [3.63, 3.8) is 0 Å². The van der Waals surface area contributed by atoms with Gasteiger partial charge in [0, 0.05) is 0 Å². The molecule has 0 aliphatic rings. The second-order valence-corrected chi connectivity index (χ2v) is 5.57. The third-order valence-corrected chi connectivity index (χ3v) is 3.10. The van der Waals surface area contributed by atoms with Gasteiger partial charge in [0.05, 0.1) is 13.0 Å². The summed E-state index contributed by atoms with van der Waals surface area (Å²) in [6, 6.07) is 9.66. The Morgan fingerprint density at radius 1 is 1.30 bits per heavy atom. The zero-order valence-corrected chi connectivity index (χ0v) is 12.5. The van der Waals surface area contributed by atoms with Crippen LogP contribution in [0, 0.1) is 5.41 Å². The standard InChI is InChI=1S/C18H24O2/c1-4-5-12-18(2,3)13-9-14-20-17(19)15-16-10-7-6-8-11-16/h4-8,10-12H,1,9,13-15H2,2-3H3/b12-5+. The van der Waals surface area contributed by atoms with Crippen molar-refractivity contribution < 1.29 is 9.53 Å². The first-order chi connectivity index (χ1) is 9.53. The maximum Gasteiger partial charge on any atom is 0.310 e. The molecule has 108 valence electrons. The van der Waals surface area contributed by atoms with Crippen LogP contribution in [0.4, 0.5) is 0 Å². The monoisotopic (exact) mass is 272 g/mol. The molecule has 0 heterocycles. The minimum absolute atomic E-state index is 0.111. The molecule has 0 N–H and O–H groups in total. The lowest BCUT2D eigenvalue weighted by atomic mass is 9.87. The predicted octanol–water partition coefficient (Wildman–Crippen LogP) is 4.32. The van der Waals surface area contributed by atoms with Gasteiger partial charge >= 0.3 is 5.97 Å². The highest BCUT2D eigenvalue weighted by Crippen LogP contribution is 2.23. The molecule has 0 aromatic heterocycles. The molecule has 0 saturated carbocycles. The number of allylic oxidation sites excluding steroid dienone is 3. The van der Waals surface area contributed by atoms with E-state index in [1.54, 1.807) is 6.08 Å². The van der Waals surface area contributed by atoms with Gasteiger partial charge in [-0.15, -0.1) is 0 Å². The van der Waals surface area contributed by atoms with Crippen LogP contribution < -0.4 is 0 Å². The van der Waals surface area contributed by atoms with Crippen LogP contribution in [0.1, 0.15) is 32.3 Å². The summed E-state index contributed by atoms with van der Waals surface area (Å²) in [5, 5.41) is 0. The maximum atomic E-state index is 11.7. The molecule has 0 atom stereocenters. The first-order valence-corrected chi connectivity index (χ1v) is 7.03. The van der Waals surface area contributed by atoms with E-state index in [1.165, 1.54) is 0 Å². The number of esters is 1. The minimum Gasteiger partial charge on any atom is -0.465 e. The molecule has 1 aromatic rings. The van der Waals surface area contributed by atoms with E-state index < -0.39 is 0 Å². The SMILES string of the molecule is C=C/C=C/C(C)(C)CCCOC(=O)Cc1ccccc1. The van der Waals surface area contributed by atoms with Crippen molar-refractivity contribution in [3.05, 3.63) is 60.7 Å². The molecule has 0 aliphatic heterocycles. The zero-order chi connectivity index (χ0) is 14.8. The van der Waals surface area contributed by atoms with Crippen LogP contribution >= 0.6 is 0 Å². The summed E-state index contributed by atoms with van der Waals surface area (Å²) >= 11 is 0. The molecule has 0 aliphatic carbocycles. The summed E-state index contributed by atoms with van der Waals surface area (Å²) in [5.74, 6) is -0.157. The Hall–Kier alpha value is -1.83. The zero-order valence-electron chi connectivity index (χ0n) is 12.5. The normalized spacial score (nSPS) is 11.5. The molecular weight excluding hydrogens is 248 g/mol. The van der Waals surface area contributed by atoms with E-state index in [-0.39, 0.29) is 11.4 Å². The van der Waals surface area contributed by atoms with Gasteiger partial charge in [0.15, 0.2) is 0 Å². The Labute approximate surface area is 122 Å². The fraction of sp³-hybridized carbons (Fsp3) is 0.389. The van der Waals surface area contributed by atoms with Gasteiger partial charge in [-0.05, 0) is 23.8 Å². The number of hydrogen-bond donors (Lipinski definition) is 0. The molecule has 0 fully saturated rings. The number of benzene rings is 1. The predicted molar refractivity (Wildman–Crippen MR) is 83.5 cm³/mol. The molecule has 0 bridgehead atoms. The largest absolute Gasteiger partial charge is 0.465 e. The fourth-order valence-electron chi connectivity index (χ4n) is 1.94. The quantitative estimate of drug-likeness (QED) is 0.400. The second-order valence-electron chi connectivity index (χ2n) is 5.57. The van der Waals surface area contributed by atoms with E-state index >= 15 is 0 Å². The first kappa shape index (κ1) is 16.2. The van der Waals surface area contributed by atoms with E-state index in [2.05, 4.69) is 26.5 Å². The lowest BCUT2D eigenvalue weighted by Gasteiger charge is -2.19. The average Bonchev–Trinajstić information content (AvgIpc) is 2.43. The molecular formula is C18H24O2. The average molecular weight is 272 g/mol. The highest BCUT2D eigenvalue weighted by molar-refractivity contribution is 5.72. The summed E-state index contributed by atoms with van der Waals surface area (Å²) in [6.45, 7) is 8.48. The molecule has 1 aromatic carbocycles. The summed E-state index contributed by atoms with van der Waals surface area (Å²) < 4.78 is 5.26. The Balaban J connectivity index is 2.22. The second kappa shape index (κ2) is 8.36. The molecule has 2 heteroatoms. The van der Waals surface area contributed by atoms with Crippen LogP contribution in [0.5, 0.6) is 0 Å². The Bertz CT molecular complexity index is 444. The van der Waals surface area contributed by atoms with E-state index in [9.17, 15) is 4.79 Å². The van der Waals surface area contributed by atoms with E-state index in [1.807, 2.05) is 36.4 Å². The topological polar surface area (TPSA) is 26.3 Å². The van der Waals surface area contributed by atoms with Crippen LogP contribution in [0.3, 0.4) is 0 Å². The van der Waals surface area contributed by atoms with Gasteiger partial charge in [0.1, 0.15) is 0 Å². The minimum atomic E-state index is -0.157. The molecule has 0 amide bonds. The molecule has 1 rings (SSSR count). The fourth-order valence-corrected chi connectivity index (χ4v) is 1.94. The lowest BCUT2D eigenvalue weighted by molar-refractivity contribution is -0.143. The van der Waals surface area contributed by atoms with Crippen LogP contribution in [-0.4, -0.2) is 12.6 Å². The lowest BCUT2D eigenvalue weighted by Crippen LogP contribution is -2.12. The van der Waals surface area contributed by atoms with Crippen LogP contribution in [0.2, 0.25) is 0 Å². The van der Waals surface area contributed by atoms with Gasteiger partial charge < -0.3 is 4.74 Å². The van der Waals surface area contributed by atoms with Gasteiger partial charge in [0.25, 0.3) is 0 Å². The van der Waals surface area contributed by atoms with Crippen molar-refractivity contribution >= 4 is 5.97 Å². The molecule has 20 heavy (non-hydrogen) atoms. The summed E-state index contributed by atoms with van der Waals surface area (Å²) in [6.07, 6.45) is 8.07. The Morgan fingerprint density at radius 2 is 2.00 bits per heavy atom. The summed E-state index contributed by atoms with van der Waals surface area (Å²) in [7, 11) is 0. The highest BCUT2D eigenvalue weighted by atomic mass is 16.5. The maximum absolute atomic E-state index is 11.7. The van der Waals surface area contributed by atoms with E-state index in [0.29, 0.717) is 13.0 Å². The van der Waals surface area contributed by atoms with Crippen molar-refractivity contribution in [3.8, 4) is 0 Å². The number of carbonyl (C=O) groups is 1. The van der Waals surface area contributed by atoms with E-state index in [0.717, 1.165) is 18.4 Å². The van der Waals surface area contributed by atoms with Crippen molar-refractivity contribution in [2.24, 2.45) is 5.41 Å². The molecule has 0 saturated heterocycles. The van der Waals surface area contributed by atoms with Gasteiger partial charge in [-0.25, -0.2) is 0 Å². The Kier molecular flexibility index (Phi) is 6.78.